The summed E-state index contributed by atoms with van der Waals surface area (Å²) in [7, 11) is 0. The average Bonchev–Trinajstić information content (AvgIpc) is 3.33. The van der Waals surface area contributed by atoms with E-state index < -0.39 is 24.3 Å². The summed E-state index contributed by atoms with van der Waals surface area (Å²) in [4.78, 5) is 38.2. The Morgan fingerprint density at radius 2 is 1.53 bits per heavy atom. The zero-order chi connectivity index (χ0) is 30.9. The molecule has 1 aromatic heterocycles. The van der Waals surface area contributed by atoms with Gasteiger partial charge >= 0.3 is 5.97 Å². The SMILES string of the molecule is CCOC(=O)CC(=O)C[C@H](O)CCn1c(-c2ccc(F)cc2)c(-c2ccccc2)c(C(=O)Nc2ccccc2)c1C(C)C. The lowest BCUT2D eigenvalue weighted by Crippen LogP contribution is -2.20. The molecule has 43 heavy (non-hydrogen) atoms. The summed E-state index contributed by atoms with van der Waals surface area (Å²) >= 11 is 0. The number of carbonyl (C=O) groups is 3. The molecule has 0 aliphatic rings. The molecule has 0 aliphatic heterocycles. The van der Waals surface area contributed by atoms with Crippen LogP contribution in [0.5, 0.6) is 0 Å². The maximum Gasteiger partial charge on any atom is 0.313 e. The number of hydrogen-bond acceptors (Lipinski definition) is 5. The van der Waals surface area contributed by atoms with E-state index in [0.29, 0.717) is 28.1 Å². The third-order valence-corrected chi connectivity index (χ3v) is 7.09. The fraction of sp³-hybridized carbons (Fsp3) is 0.286. The minimum Gasteiger partial charge on any atom is -0.466 e. The summed E-state index contributed by atoms with van der Waals surface area (Å²) in [5.74, 6) is -1.82. The smallest absolute Gasteiger partial charge is 0.313 e. The van der Waals surface area contributed by atoms with Crippen LogP contribution in [0.1, 0.15) is 62.0 Å². The first-order valence-electron chi connectivity index (χ1n) is 14.5. The molecule has 0 saturated carbocycles. The highest BCUT2D eigenvalue weighted by Crippen LogP contribution is 2.42. The molecule has 2 N–H and O–H groups in total. The largest absolute Gasteiger partial charge is 0.466 e. The van der Waals surface area contributed by atoms with E-state index in [9.17, 15) is 23.9 Å². The van der Waals surface area contributed by atoms with Gasteiger partial charge in [0.1, 0.15) is 18.0 Å². The minimum atomic E-state index is -1.02. The van der Waals surface area contributed by atoms with Crippen molar-refractivity contribution in [3.63, 3.8) is 0 Å². The van der Waals surface area contributed by atoms with E-state index in [0.717, 1.165) is 11.3 Å². The number of nitrogens with one attached hydrogen (secondary N) is 1. The van der Waals surface area contributed by atoms with Crippen LogP contribution in [-0.4, -0.2) is 40.0 Å². The molecule has 1 atom stereocenters. The second kappa shape index (κ2) is 14.6. The van der Waals surface area contributed by atoms with Crippen LogP contribution in [0.2, 0.25) is 0 Å². The molecule has 7 nitrogen and oxygen atoms in total. The Labute approximate surface area is 251 Å². The van der Waals surface area contributed by atoms with Crippen LogP contribution in [0.15, 0.2) is 84.9 Å². The van der Waals surface area contributed by atoms with E-state index in [1.54, 1.807) is 19.1 Å². The Balaban J connectivity index is 1.83. The highest BCUT2D eigenvalue weighted by atomic mass is 19.1. The van der Waals surface area contributed by atoms with Crippen molar-refractivity contribution in [2.45, 2.75) is 58.6 Å². The first kappa shape index (κ1) is 31.4. The molecule has 3 aromatic carbocycles. The topological polar surface area (TPSA) is 97.6 Å². The lowest BCUT2D eigenvalue weighted by atomic mass is 9.94. The van der Waals surface area contributed by atoms with Crippen molar-refractivity contribution in [1.29, 1.82) is 0 Å². The van der Waals surface area contributed by atoms with E-state index in [2.05, 4.69) is 5.32 Å². The average molecular weight is 585 g/mol. The van der Waals surface area contributed by atoms with Gasteiger partial charge in [-0.1, -0.05) is 62.4 Å². The number of aliphatic hydroxyl groups is 1. The van der Waals surface area contributed by atoms with Crippen molar-refractivity contribution in [2.24, 2.45) is 0 Å². The minimum absolute atomic E-state index is 0.115. The first-order chi connectivity index (χ1) is 20.7. The number of halogens is 1. The fourth-order valence-corrected chi connectivity index (χ4v) is 5.30. The van der Waals surface area contributed by atoms with Crippen LogP contribution in [0, 0.1) is 5.82 Å². The Hall–Kier alpha value is -4.56. The number of para-hydroxylation sites is 1. The van der Waals surface area contributed by atoms with Gasteiger partial charge in [-0.15, -0.1) is 0 Å². The quantitative estimate of drug-likeness (QED) is 0.130. The number of Topliss-reactive ketones (excluding diaryl/α,β-unsaturated/α-hetero) is 1. The zero-order valence-corrected chi connectivity index (χ0v) is 24.7. The maximum absolute atomic E-state index is 14.1. The number of anilines is 1. The third kappa shape index (κ3) is 7.84. The van der Waals surface area contributed by atoms with Gasteiger partial charge < -0.3 is 19.7 Å². The number of aromatic nitrogens is 1. The number of nitrogens with zero attached hydrogens (tertiary/aromatic N) is 1. The lowest BCUT2D eigenvalue weighted by Gasteiger charge is -2.19. The van der Waals surface area contributed by atoms with Crippen LogP contribution in [0.4, 0.5) is 10.1 Å². The Bertz CT molecular complexity index is 1550. The number of amides is 1. The Morgan fingerprint density at radius 1 is 0.907 bits per heavy atom. The van der Waals surface area contributed by atoms with E-state index >= 15 is 0 Å². The van der Waals surface area contributed by atoms with Crippen molar-refractivity contribution in [2.75, 3.05) is 11.9 Å². The fourth-order valence-electron chi connectivity index (χ4n) is 5.30. The van der Waals surface area contributed by atoms with E-state index in [1.807, 2.05) is 79.1 Å². The predicted molar refractivity (Wildman–Crippen MR) is 165 cm³/mol. The van der Waals surface area contributed by atoms with Gasteiger partial charge in [0, 0.05) is 29.9 Å². The number of ketones is 1. The predicted octanol–water partition coefficient (Wildman–Crippen LogP) is 7.00. The summed E-state index contributed by atoms with van der Waals surface area (Å²) in [6, 6.07) is 24.9. The molecule has 224 valence electrons. The highest BCUT2D eigenvalue weighted by Gasteiger charge is 2.31. The van der Waals surface area contributed by atoms with Crippen LogP contribution < -0.4 is 5.32 Å². The van der Waals surface area contributed by atoms with Crippen molar-refractivity contribution in [3.05, 3.63) is 102 Å². The lowest BCUT2D eigenvalue weighted by molar-refractivity contribution is -0.145. The molecule has 0 bridgehead atoms. The van der Waals surface area contributed by atoms with Gasteiger partial charge in [-0.25, -0.2) is 4.39 Å². The molecule has 0 saturated heterocycles. The maximum atomic E-state index is 14.1. The first-order valence-corrected chi connectivity index (χ1v) is 14.5. The van der Waals surface area contributed by atoms with Gasteiger partial charge in [0.2, 0.25) is 0 Å². The number of benzene rings is 3. The van der Waals surface area contributed by atoms with Crippen LogP contribution in [-0.2, 0) is 20.9 Å². The molecule has 0 unspecified atom stereocenters. The normalized spacial score (nSPS) is 11.8. The molecule has 0 radical (unpaired) electrons. The molecule has 0 aliphatic carbocycles. The summed E-state index contributed by atoms with van der Waals surface area (Å²) in [5.41, 5.74) is 4.79. The van der Waals surface area contributed by atoms with Crippen molar-refractivity contribution in [1.82, 2.24) is 4.57 Å². The van der Waals surface area contributed by atoms with Crippen LogP contribution in [0.25, 0.3) is 22.4 Å². The van der Waals surface area contributed by atoms with Gasteiger partial charge in [-0.05, 0) is 66.8 Å². The van der Waals surface area contributed by atoms with E-state index in [-0.39, 0.29) is 43.6 Å². The number of esters is 1. The molecule has 0 fully saturated rings. The number of rotatable bonds is 13. The zero-order valence-electron chi connectivity index (χ0n) is 24.7. The molecular formula is C35H37FN2O5. The summed E-state index contributed by atoms with van der Waals surface area (Å²) in [6.45, 7) is 6.10. The molecule has 0 spiro atoms. The monoisotopic (exact) mass is 584 g/mol. The molecular weight excluding hydrogens is 547 g/mol. The van der Waals surface area contributed by atoms with Gasteiger partial charge in [-0.2, -0.15) is 0 Å². The molecule has 8 heteroatoms. The van der Waals surface area contributed by atoms with Crippen molar-refractivity contribution in [3.8, 4) is 22.4 Å². The Morgan fingerprint density at radius 3 is 2.14 bits per heavy atom. The van der Waals surface area contributed by atoms with E-state index in [1.165, 1.54) is 12.1 Å². The summed E-state index contributed by atoms with van der Waals surface area (Å²) in [5, 5.41) is 13.9. The van der Waals surface area contributed by atoms with Gasteiger partial charge in [0.15, 0.2) is 0 Å². The van der Waals surface area contributed by atoms with Crippen molar-refractivity contribution >= 4 is 23.3 Å². The molecule has 1 heterocycles. The van der Waals surface area contributed by atoms with Gasteiger partial charge in [0.05, 0.1) is 24.0 Å². The summed E-state index contributed by atoms with van der Waals surface area (Å²) < 4.78 is 20.9. The van der Waals surface area contributed by atoms with Crippen LogP contribution >= 0.6 is 0 Å². The number of ether oxygens (including phenoxy) is 1. The Kier molecular flexibility index (Phi) is 10.6. The summed E-state index contributed by atoms with van der Waals surface area (Å²) in [6.07, 6.45) is -1.43. The standard InChI is InChI=1S/C35H37FN2O5/c1-4-43-30(41)22-29(40)21-28(39)19-20-38-33(23(2)3)32(35(42)37-27-13-9-6-10-14-27)31(24-11-7-5-8-12-24)34(38)25-15-17-26(36)18-16-25/h5-18,23,28,39H,4,19-22H2,1-3H3,(H,37,42)/t28-/m1/s1. The van der Waals surface area contributed by atoms with Crippen molar-refractivity contribution < 1.29 is 28.6 Å². The second-order valence-corrected chi connectivity index (χ2v) is 10.7. The van der Waals surface area contributed by atoms with Gasteiger partial charge in [0.25, 0.3) is 5.91 Å². The molecule has 4 rings (SSSR count). The van der Waals surface area contributed by atoms with Gasteiger partial charge in [-0.3, -0.25) is 14.4 Å². The van der Waals surface area contributed by atoms with Crippen LogP contribution in [0.3, 0.4) is 0 Å². The molecule has 4 aromatic rings. The number of hydrogen-bond donors (Lipinski definition) is 2. The number of aliphatic hydroxyl groups excluding tert-OH is 1. The number of carbonyl (C=O) groups excluding carboxylic acids is 3. The third-order valence-electron chi connectivity index (χ3n) is 7.09. The highest BCUT2D eigenvalue weighted by molar-refractivity contribution is 6.12. The second-order valence-electron chi connectivity index (χ2n) is 10.7. The van der Waals surface area contributed by atoms with E-state index in [4.69, 9.17) is 4.74 Å². The molecule has 1 amide bonds.